The number of rotatable bonds is 3. The molecule has 0 bridgehead atoms. The number of nitro groups is 1. The van der Waals surface area contributed by atoms with Crippen molar-refractivity contribution in [1.82, 2.24) is 10.1 Å². The summed E-state index contributed by atoms with van der Waals surface area (Å²) < 4.78 is 5.26. The van der Waals surface area contributed by atoms with Crippen molar-refractivity contribution in [2.45, 2.75) is 24.5 Å². The third-order valence-corrected chi connectivity index (χ3v) is 4.76. The molecule has 1 unspecified atom stereocenters. The Morgan fingerprint density at radius 2 is 2.29 bits per heavy atom. The van der Waals surface area contributed by atoms with E-state index in [9.17, 15) is 10.1 Å². The van der Waals surface area contributed by atoms with Crippen molar-refractivity contribution >= 4 is 23.1 Å². The van der Waals surface area contributed by atoms with Gasteiger partial charge in [-0.15, -0.1) is 0 Å². The molecule has 1 aromatic heterocycles. The molecule has 1 aliphatic rings. The number of nitrogens with two attached hydrogens (primary N) is 1. The van der Waals surface area contributed by atoms with E-state index in [2.05, 4.69) is 10.1 Å². The molecule has 2 heterocycles. The lowest BCUT2D eigenvalue weighted by Crippen LogP contribution is -2.03. The van der Waals surface area contributed by atoms with E-state index in [0.717, 1.165) is 12.2 Å². The number of nitro benzene ring substituents is 1. The molecule has 0 saturated carbocycles. The highest BCUT2D eigenvalue weighted by Gasteiger charge is 2.23. The van der Waals surface area contributed by atoms with E-state index in [0.29, 0.717) is 17.3 Å². The molecule has 0 aliphatic carbocycles. The Morgan fingerprint density at radius 1 is 1.43 bits per heavy atom. The molecular formula is C13H14N4O3S. The minimum absolute atomic E-state index is 0.0566. The summed E-state index contributed by atoms with van der Waals surface area (Å²) in [6.45, 7) is 0. The van der Waals surface area contributed by atoms with Crippen molar-refractivity contribution < 1.29 is 9.45 Å². The fourth-order valence-electron chi connectivity index (χ4n) is 2.28. The van der Waals surface area contributed by atoms with E-state index in [1.807, 2.05) is 11.8 Å². The molecule has 1 aliphatic heterocycles. The van der Waals surface area contributed by atoms with Crippen LogP contribution in [0.25, 0.3) is 11.5 Å². The second-order valence-electron chi connectivity index (χ2n) is 4.84. The Balaban J connectivity index is 1.87. The number of nitrogen functional groups attached to an aromatic ring is 1. The average molecular weight is 306 g/mol. The Kier molecular flexibility index (Phi) is 3.78. The standard InChI is InChI=1S/C13H14N4O3S/c14-10-7-8(17(18)19)4-5-9(10)13-15-12(16-20-13)11-3-1-2-6-21-11/h4-5,7,11H,1-3,6,14H2. The molecule has 8 heteroatoms. The molecule has 7 nitrogen and oxygen atoms in total. The second kappa shape index (κ2) is 5.72. The Bertz CT molecular complexity index is 667. The van der Waals surface area contributed by atoms with Crippen LogP contribution in [-0.2, 0) is 0 Å². The molecule has 1 saturated heterocycles. The van der Waals surface area contributed by atoms with Gasteiger partial charge in [0.05, 0.1) is 21.4 Å². The highest BCUT2D eigenvalue weighted by atomic mass is 32.2. The fourth-order valence-corrected chi connectivity index (χ4v) is 3.51. The zero-order valence-electron chi connectivity index (χ0n) is 11.2. The summed E-state index contributed by atoms with van der Waals surface area (Å²) in [6, 6.07) is 4.22. The van der Waals surface area contributed by atoms with Crippen molar-refractivity contribution in [3.05, 3.63) is 34.1 Å². The van der Waals surface area contributed by atoms with Crippen molar-refractivity contribution in [3.63, 3.8) is 0 Å². The predicted octanol–water partition coefficient (Wildman–Crippen LogP) is 3.19. The molecule has 0 amide bonds. The van der Waals surface area contributed by atoms with Crippen LogP contribution in [0.5, 0.6) is 0 Å². The van der Waals surface area contributed by atoms with Gasteiger partial charge >= 0.3 is 0 Å². The molecule has 1 aromatic carbocycles. The topological polar surface area (TPSA) is 108 Å². The molecule has 1 atom stereocenters. The minimum atomic E-state index is -0.488. The Labute approximate surface area is 125 Å². The molecule has 21 heavy (non-hydrogen) atoms. The number of thioether (sulfide) groups is 1. The van der Waals surface area contributed by atoms with E-state index >= 15 is 0 Å². The smallest absolute Gasteiger partial charge is 0.271 e. The summed E-state index contributed by atoms with van der Waals surface area (Å²) in [5, 5.41) is 15.0. The van der Waals surface area contributed by atoms with Crippen molar-refractivity contribution in [1.29, 1.82) is 0 Å². The van der Waals surface area contributed by atoms with Gasteiger partial charge in [-0.3, -0.25) is 10.1 Å². The number of hydrogen-bond acceptors (Lipinski definition) is 7. The van der Waals surface area contributed by atoms with Crippen molar-refractivity contribution in [3.8, 4) is 11.5 Å². The molecule has 0 radical (unpaired) electrons. The van der Waals surface area contributed by atoms with Crippen LogP contribution in [0.4, 0.5) is 11.4 Å². The van der Waals surface area contributed by atoms with Gasteiger partial charge in [0.25, 0.3) is 11.6 Å². The van der Waals surface area contributed by atoms with E-state index in [1.165, 1.54) is 25.0 Å². The molecule has 2 N–H and O–H groups in total. The number of non-ortho nitro benzene ring substituents is 1. The minimum Gasteiger partial charge on any atom is -0.398 e. The normalized spacial score (nSPS) is 18.6. The summed E-state index contributed by atoms with van der Waals surface area (Å²) in [6.07, 6.45) is 3.43. The van der Waals surface area contributed by atoms with Gasteiger partial charge in [0.15, 0.2) is 5.82 Å². The first-order chi connectivity index (χ1) is 10.1. The van der Waals surface area contributed by atoms with E-state index in [-0.39, 0.29) is 16.6 Å². The van der Waals surface area contributed by atoms with Crippen LogP contribution in [0.3, 0.4) is 0 Å². The summed E-state index contributed by atoms with van der Waals surface area (Å²) in [4.78, 5) is 14.6. The van der Waals surface area contributed by atoms with Gasteiger partial charge in [-0.2, -0.15) is 16.7 Å². The van der Waals surface area contributed by atoms with Crippen LogP contribution < -0.4 is 5.73 Å². The van der Waals surface area contributed by atoms with Gasteiger partial charge in [-0.25, -0.2) is 0 Å². The third kappa shape index (κ3) is 2.85. The van der Waals surface area contributed by atoms with Crippen LogP contribution in [0, 0.1) is 10.1 Å². The van der Waals surface area contributed by atoms with E-state index in [1.54, 1.807) is 6.07 Å². The van der Waals surface area contributed by atoms with Crippen LogP contribution in [-0.4, -0.2) is 20.8 Å². The van der Waals surface area contributed by atoms with Crippen molar-refractivity contribution in [2.75, 3.05) is 11.5 Å². The number of hydrogen-bond donors (Lipinski definition) is 1. The summed E-state index contributed by atoms with van der Waals surface area (Å²) >= 11 is 1.83. The number of aromatic nitrogens is 2. The van der Waals surface area contributed by atoms with Gasteiger partial charge in [0.2, 0.25) is 0 Å². The van der Waals surface area contributed by atoms with Crippen LogP contribution in [0.1, 0.15) is 30.3 Å². The third-order valence-electron chi connectivity index (χ3n) is 3.39. The highest BCUT2D eigenvalue weighted by molar-refractivity contribution is 7.99. The van der Waals surface area contributed by atoms with E-state index in [4.69, 9.17) is 10.3 Å². The SMILES string of the molecule is Nc1cc([N+](=O)[O-])ccc1-c1nc(C2CCCCS2)no1. The fraction of sp³-hybridized carbons (Fsp3) is 0.385. The Hall–Kier alpha value is -2.09. The predicted molar refractivity (Wildman–Crippen MR) is 79.9 cm³/mol. The molecule has 110 valence electrons. The molecule has 0 spiro atoms. The molecular weight excluding hydrogens is 292 g/mol. The van der Waals surface area contributed by atoms with Gasteiger partial charge in [0.1, 0.15) is 0 Å². The summed E-state index contributed by atoms with van der Waals surface area (Å²) in [5.41, 5.74) is 6.57. The van der Waals surface area contributed by atoms with Gasteiger partial charge < -0.3 is 10.3 Å². The first-order valence-corrected chi connectivity index (χ1v) is 7.69. The monoisotopic (exact) mass is 306 g/mol. The number of nitrogens with zero attached hydrogens (tertiary/aromatic N) is 3. The van der Waals surface area contributed by atoms with Crippen LogP contribution in [0.15, 0.2) is 22.7 Å². The lowest BCUT2D eigenvalue weighted by atomic mass is 10.1. The molecule has 2 aromatic rings. The van der Waals surface area contributed by atoms with E-state index < -0.39 is 4.92 Å². The average Bonchev–Trinajstić information content (AvgIpc) is 2.97. The zero-order chi connectivity index (χ0) is 14.8. The summed E-state index contributed by atoms with van der Waals surface area (Å²) in [5.74, 6) is 2.09. The van der Waals surface area contributed by atoms with Gasteiger partial charge in [0, 0.05) is 12.1 Å². The quantitative estimate of drug-likeness (QED) is 0.527. The summed E-state index contributed by atoms with van der Waals surface area (Å²) in [7, 11) is 0. The van der Waals surface area contributed by atoms with Crippen LogP contribution >= 0.6 is 11.8 Å². The highest BCUT2D eigenvalue weighted by Crippen LogP contribution is 2.38. The number of anilines is 1. The van der Waals surface area contributed by atoms with Crippen molar-refractivity contribution in [2.24, 2.45) is 0 Å². The maximum Gasteiger partial charge on any atom is 0.271 e. The first kappa shape index (κ1) is 13.9. The first-order valence-electron chi connectivity index (χ1n) is 6.64. The molecule has 1 fully saturated rings. The second-order valence-corrected chi connectivity index (χ2v) is 6.15. The Morgan fingerprint density at radius 3 is 2.95 bits per heavy atom. The largest absolute Gasteiger partial charge is 0.398 e. The number of benzene rings is 1. The maximum atomic E-state index is 10.7. The molecule has 3 rings (SSSR count). The maximum absolute atomic E-state index is 10.7. The van der Waals surface area contributed by atoms with Gasteiger partial charge in [-0.1, -0.05) is 11.6 Å². The van der Waals surface area contributed by atoms with Crippen LogP contribution in [0.2, 0.25) is 0 Å². The zero-order valence-corrected chi connectivity index (χ0v) is 12.0. The lowest BCUT2D eigenvalue weighted by Gasteiger charge is -2.17. The van der Waals surface area contributed by atoms with Gasteiger partial charge in [-0.05, 0) is 24.7 Å². The lowest BCUT2D eigenvalue weighted by molar-refractivity contribution is -0.384.